The van der Waals surface area contributed by atoms with E-state index >= 15 is 0 Å². The molecule has 0 bridgehead atoms. The van der Waals surface area contributed by atoms with Gasteiger partial charge in [-0.2, -0.15) is 0 Å². The van der Waals surface area contributed by atoms with Gasteiger partial charge in [0.05, 0.1) is 18.9 Å². The smallest absolute Gasteiger partial charge is 0.125 e. The van der Waals surface area contributed by atoms with Crippen LogP contribution in [0.3, 0.4) is 0 Å². The maximum absolute atomic E-state index is 6.05. The number of rotatable bonds is 8. The van der Waals surface area contributed by atoms with Gasteiger partial charge in [-0.15, -0.1) is 0 Å². The average molecular weight is 382 g/mol. The summed E-state index contributed by atoms with van der Waals surface area (Å²) in [6.45, 7) is 9.12. The van der Waals surface area contributed by atoms with Crippen LogP contribution in [0.2, 0.25) is 0 Å². The van der Waals surface area contributed by atoms with E-state index in [9.17, 15) is 0 Å². The van der Waals surface area contributed by atoms with Crippen molar-refractivity contribution in [2.45, 2.75) is 40.4 Å². The van der Waals surface area contributed by atoms with Crippen LogP contribution in [0.1, 0.15) is 33.3 Å². The number of ether oxygens (including phenoxy) is 2. The minimum Gasteiger partial charge on any atom is -0.488 e. The van der Waals surface area contributed by atoms with Crippen LogP contribution in [-0.4, -0.2) is 18.5 Å². The lowest BCUT2D eigenvalue weighted by molar-refractivity contribution is 0.0493. The molecule has 0 radical (unpaired) electrons. The van der Waals surface area contributed by atoms with E-state index in [1.807, 2.05) is 82.3 Å². The molecule has 0 saturated carbocycles. The van der Waals surface area contributed by atoms with E-state index in [-0.39, 0.29) is 11.5 Å². The summed E-state index contributed by atoms with van der Waals surface area (Å²) in [5, 5.41) is 0. The van der Waals surface area contributed by atoms with E-state index in [2.05, 4.69) is 4.99 Å². The van der Waals surface area contributed by atoms with E-state index in [1.165, 1.54) is 0 Å². The second kappa shape index (κ2) is 9.95. The lowest BCUT2D eigenvalue weighted by atomic mass is 9.92. The fraction of sp³-hybridized carbons (Fsp3) is 0.348. The first-order valence-electron chi connectivity index (χ1n) is 9.44. The van der Waals surface area contributed by atoms with Gasteiger partial charge in [-0.25, -0.2) is 4.99 Å². The summed E-state index contributed by atoms with van der Waals surface area (Å²) in [7, 11) is 0. The zero-order valence-corrected chi connectivity index (χ0v) is 17.2. The summed E-state index contributed by atoms with van der Waals surface area (Å²) in [6, 6.07) is 17.6. The molecule has 0 aliphatic carbocycles. The van der Waals surface area contributed by atoms with Crippen molar-refractivity contribution in [2.24, 2.45) is 21.9 Å². The molecule has 4 N–H and O–H groups in total. The molecule has 0 fully saturated rings. The van der Waals surface area contributed by atoms with Crippen LogP contribution in [0, 0.1) is 5.41 Å². The average Bonchev–Trinajstić information content (AvgIpc) is 2.62. The van der Waals surface area contributed by atoms with Gasteiger partial charge in [0.15, 0.2) is 0 Å². The largest absolute Gasteiger partial charge is 0.488 e. The van der Waals surface area contributed by atoms with Gasteiger partial charge in [-0.1, -0.05) is 57.2 Å². The lowest BCUT2D eigenvalue weighted by Crippen LogP contribution is -2.20. The van der Waals surface area contributed by atoms with E-state index in [4.69, 9.17) is 20.9 Å². The van der Waals surface area contributed by atoms with Crippen LogP contribution < -0.4 is 16.2 Å². The van der Waals surface area contributed by atoms with Gasteiger partial charge in [-0.05, 0) is 30.7 Å². The summed E-state index contributed by atoms with van der Waals surface area (Å²) < 4.78 is 11.7. The molecule has 28 heavy (non-hydrogen) atoms. The molecule has 0 aliphatic rings. The molecule has 2 aromatic carbocycles. The minimum absolute atomic E-state index is 0.0864. The van der Waals surface area contributed by atoms with Crippen molar-refractivity contribution < 1.29 is 9.47 Å². The molecule has 2 aromatic rings. The standard InChI is InChI=1S/C23H31N3O2/c1-17(15-27-16-18-9-6-5-7-10-18)28-20-12-8-11-19(13-20)26-22(25)14-21(24)23(2,3)4/h5-14,17H,15-16,24H2,1-4H3,(H2,25,26)/b21-14-/t17-/m0/s1. The van der Waals surface area contributed by atoms with Crippen molar-refractivity contribution >= 4 is 11.5 Å². The van der Waals surface area contributed by atoms with Crippen molar-refractivity contribution in [3.63, 3.8) is 0 Å². The third-order valence-corrected chi connectivity index (χ3v) is 4.05. The number of hydrogen-bond acceptors (Lipinski definition) is 4. The van der Waals surface area contributed by atoms with Gasteiger partial charge >= 0.3 is 0 Å². The second-order valence-corrected chi connectivity index (χ2v) is 7.81. The molecule has 1 atom stereocenters. The number of benzene rings is 2. The highest BCUT2D eigenvalue weighted by Gasteiger charge is 2.13. The van der Waals surface area contributed by atoms with E-state index < -0.39 is 0 Å². The molecule has 0 saturated heterocycles. The SMILES string of the molecule is C[C@@H](COCc1ccccc1)Oc1cccc(N=C(N)/C=C(\N)C(C)(C)C)c1. The van der Waals surface area contributed by atoms with Crippen molar-refractivity contribution in [1.29, 1.82) is 0 Å². The topological polar surface area (TPSA) is 82.9 Å². The van der Waals surface area contributed by atoms with Gasteiger partial charge in [-0.3, -0.25) is 0 Å². The summed E-state index contributed by atoms with van der Waals surface area (Å²) in [5.74, 6) is 1.08. The molecule has 0 aromatic heterocycles. The Balaban J connectivity index is 1.92. The van der Waals surface area contributed by atoms with Gasteiger partial charge in [0, 0.05) is 17.2 Å². The maximum Gasteiger partial charge on any atom is 0.125 e. The van der Waals surface area contributed by atoms with Crippen LogP contribution in [0.4, 0.5) is 5.69 Å². The normalized spacial score (nSPS) is 14.0. The Morgan fingerprint density at radius 3 is 2.46 bits per heavy atom. The highest BCUT2D eigenvalue weighted by Crippen LogP contribution is 2.23. The van der Waals surface area contributed by atoms with Crippen LogP contribution in [0.15, 0.2) is 71.4 Å². The minimum atomic E-state index is -0.152. The Kier molecular flexibility index (Phi) is 7.64. The molecule has 0 amide bonds. The van der Waals surface area contributed by atoms with Gasteiger partial charge in [0.2, 0.25) is 0 Å². The van der Waals surface area contributed by atoms with Gasteiger partial charge in [0.1, 0.15) is 17.7 Å². The van der Waals surface area contributed by atoms with Crippen LogP contribution in [0.5, 0.6) is 5.75 Å². The zero-order valence-electron chi connectivity index (χ0n) is 17.2. The summed E-state index contributed by atoms with van der Waals surface area (Å²) in [6.07, 6.45) is 1.62. The van der Waals surface area contributed by atoms with Crippen LogP contribution >= 0.6 is 0 Å². The molecule has 5 heteroatoms. The van der Waals surface area contributed by atoms with Crippen molar-refractivity contribution in [2.75, 3.05) is 6.61 Å². The van der Waals surface area contributed by atoms with Crippen molar-refractivity contribution in [3.8, 4) is 5.75 Å². The maximum atomic E-state index is 6.05. The Morgan fingerprint density at radius 2 is 1.79 bits per heavy atom. The third kappa shape index (κ3) is 7.45. The quantitative estimate of drug-likeness (QED) is 0.519. The zero-order chi connectivity index (χ0) is 20.6. The predicted octanol–water partition coefficient (Wildman–Crippen LogP) is 4.55. The predicted molar refractivity (Wildman–Crippen MR) is 116 cm³/mol. The van der Waals surface area contributed by atoms with Crippen molar-refractivity contribution in [3.05, 3.63) is 71.9 Å². The number of nitrogens with two attached hydrogens (primary N) is 2. The molecule has 5 nitrogen and oxygen atoms in total. The van der Waals surface area contributed by atoms with E-state index in [0.717, 1.165) is 11.3 Å². The summed E-state index contributed by atoms with van der Waals surface area (Å²) in [5.41, 5.74) is 14.4. The van der Waals surface area contributed by atoms with Crippen LogP contribution in [0.25, 0.3) is 0 Å². The first-order valence-corrected chi connectivity index (χ1v) is 9.44. The Bertz CT molecular complexity index is 808. The Hall–Kier alpha value is -2.79. The fourth-order valence-electron chi connectivity index (χ4n) is 2.37. The van der Waals surface area contributed by atoms with E-state index in [0.29, 0.717) is 30.4 Å². The molecule has 0 spiro atoms. The summed E-state index contributed by atoms with van der Waals surface area (Å²) in [4.78, 5) is 4.41. The number of hydrogen-bond donors (Lipinski definition) is 2. The number of nitrogens with zero attached hydrogens (tertiary/aromatic N) is 1. The highest BCUT2D eigenvalue weighted by molar-refractivity contribution is 5.94. The highest BCUT2D eigenvalue weighted by atomic mass is 16.5. The van der Waals surface area contributed by atoms with Crippen molar-refractivity contribution in [1.82, 2.24) is 0 Å². The summed E-state index contributed by atoms with van der Waals surface area (Å²) >= 11 is 0. The van der Waals surface area contributed by atoms with Gasteiger partial charge in [0.25, 0.3) is 0 Å². The molecule has 0 heterocycles. The first kappa shape index (κ1) is 21.5. The molecule has 2 rings (SSSR count). The monoisotopic (exact) mass is 381 g/mol. The number of aliphatic imine (C=N–C) groups is 1. The lowest BCUT2D eigenvalue weighted by Gasteiger charge is -2.18. The van der Waals surface area contributed by atoms with Gasteiger partial charge < -0.3 is 20.9 Å². The molecule has 0 aliphatic heterocycles. The molecular formula is C23H31N3O2. The number of allylic oxidation sites excluding steroid dienone is 1. The van der Waals surface area contributed by atoms with E-state index in [1.54, 1.807) is 6.08 Å². The van der Waals surface area contributed by atoms with Crippen LogP contribution in [-0.2, 0) is 11.3 Å². The Labute approximate surface area is 168 Å². The second-order valence-electron chi connectivity index (χ2n) is 7.81. The Morgan fingerprint density at radius 1 is 1.07 bits per heavy atom. The molecule has 0 unspecified atom stereocenters. The third-order valence-electron chi connectivity index (χ3n) is 4.05. The fourth-order valence-corrected chi connectivity index (χ4v) is 2.37. The molecule has 150 valence electrons. The molecular weight excluding hydrogens is 350 g/mol. The number of amidine groups is 1. The first-order chi connectivity index (χ1) is 13.2.